The van der Waals surface area contributed by atoms with Gasteiger partial charge in [-0.2, -0.15) is 0 Å². The second kappa shape index (κ2) is 8.21. The summed E-state index contributed by atoms with van der Waals surface area (Å²) < 4.78 is 6.48. The molecular weight excluding hydrogens is 386 g/mol. The monoisotopic (exact) mass is 409 g/mol. The summed E-state index contributed by atoms with van der Waals surface area (Å²) in [5, 5.41) is 4.05. The second-order valence-electron chi connectivity index (χ2n) is 7.48. The molecule has 6 nitrogen and oxygen atoms in total. The normalized spacial score (nSPS) is 15.3. The van der Waals surface area contributed by atoms with Crippen LogP contribution in [0.1, 0.15) is 30.7 Å². The summed E-state index contributed by atoms with van der Waals surface area (Å²) in [5.41, 5.74) is 6.31. The van der Waals surface area contributed by atoms with Crippen molar-refractivity contribution in [2.75, 3.05) is 11.9 Å². The molecule has 1 saturated carbocycles. The number of aromatic nitrogens is 1. The fourth-order valence-electron chi connectivity index (χ4n) is 3.90. The number of carbonyl (C=O) groups excluding carboxylic acids is 2. The number of ether oxygens (including phenoxy) is 1. The zero-order valence-corrected chi connectivity index (χ0v) is 16.8. The lowest BCUT2D eigenvalue weighted by Crippen LogP contribution is -2.35. The molecule has 2 aromatic carbocycles. The highest BCUT2D eigenvalue weighted by Crippen LogP contribution is 2.43. The molecule has 1 heterocycles. The molecule has 1 fully saturated rings. The van der Waals surface area contributed by atoms with Crippen LogP contribution in [0.5, 0.6) is 5.75 Å². The van der Waals surface area contributed by atoms with E-state index in [-0.39, 0.29) is 12.5 Å². The molecule has 0 saturated heterocycles. The fraction of sp³-hybridized carbons (Fsp3) is 0.318. The lowest BCUT2D eigenvalue weighted by molar-refractivity contribution is -0.125. The first-order chi connectivity index (χ1) is 14.0. The third-order valence-corrected chi connectivity index (χ3v) is 6.38. The Hall–Kier alpha value is -2.93. The van der Waals surface area contributed by atoms with Gasteiger partial charge in [-0.15, -0.1) is 11.3 Å². The second-order valence-corrected chi connectivity index (χ2v) is 8.59. The van der Waals surface area contributed by atoms with Crippen LogP contribution in [0.4, 0.5) is 5.69 Å². The van der Waals surface area contributed by atoms with Gasteiger partial charge in [0.15, 0.2) is 6.61 Å². The molecule has 3 N–H and O–H groups in total. The molecule has 0 aliphatic heterocycles. The Labute approximate surface area is 173 Å². The summed E-state index contributed by atoms with van der Waals surface area (Å²) in [4.78, 5) is 28.9. The molecule has 29 heavy (non-hydrogen) atoms. The van der Waals surface area contributed by atoms with E-state index in [2.05, 4.69) is 11.4 Å². The summed E-state index contributed by atoms with van der Waals surface area (Å²) in [7, 11) is 0. The number of rotatable bonds is 7. The van der Waals surface area contributed by atoms with Gasteiger partial charge in [0.05, 0.1) is 20.6 Å². The number of nitrogens with one attached hydrogen (secondary N) is 1. The van der Waals surface area contributed by atoms with Gasteiger partial charge in [0.2, 0.25) is 5.91 Å². The van der Waals surface area contributed by atoms with Crippen LogP contribution in [-0.4, -0.2) is 23.4 Å². The molecule has 150 valence electrons. The third kappa shape index (κ3) is 4.40. The highest BCUT2D eigenvalue weighted by molar-refractivity contribution is 7.18. The number of amides is 2. The summed E-state index contributed by atoms with van der Waals surface area (Å²) in [6.07, 6.45) is 4.44. The maximum absolute atomic E-state index is 13.3. The number of nitrogens with zero attached hydrogens (tertiary/aromatic N) is 1. The van der Waals surface area contributed by atoms with Gasteiger partial charge in [0.25, 0.3) is 5.91 Å². The SMILES string of the molecule is NC(=O)COc1cccc(NC(=O)C2(Cc3nc4ccccc4s3)CCCC2)c1. The zero-order valence-electron chi connectivity index (χ0n) is 16.0. The zero-order chi connectivity index (χ0) is 20.3. The number of nitrogens with two attached hydrogens (primary N) is 1. The van der Waals surface area contributed by atoms with E-state index in [9.17, 15) is 9.59 Å². The molecule has 0 spiro atoms. The average Bonchev–Trinajstić information content (AvgIpc) is 3.34. The van der Waals surface area contributed by atoms with Crippen LogP contribution in [-0.2, 0) is 16.0 Å². The number of thiazole rings is 1. The van der Waals surface area contributed by atoms with Crippen molar-refractivity contribution in [2.24, 2.45) is 11.1 Å². The predicted octanol–water partition coefficient (Wildman–Crippen LogP) is 3.90. The van der Waals surface area contributed by atoms with Gasteiger partial charge in [-0.1, -0.05) is 31.0 Å². The van der Waals surface area contributed by atoms with E-state index in [0.29, 0.717) is 17.9 Å². The maximum Gasteiger partial charge on any atom is 0.255 e. The lowest BCUT2D eigenvalue weighted by atomic mass is 9.81. The van der Waals surface area contributed by atoms with Crippen molar-refractivity contribution in [2.45, 2.75) is 32.1 Å². The van der Waals surface area contributed by atoms with Gasteiger partial charge in [-0.05, 0) is 37.1 Å². The van der Waals surface area contributed by atoms with Crippen molar-refractivity contribution in [3.8, 4) is 5.75 Å². The van der Waals surface area contributed by atoms with Gasteiger partial charge < -0.3 is 15.8 Å². The number of para-hydroxylation sites is 1. The number of anilines is 1. The largest absolute Gasteiger partial charge is 0.484 e. The Balaban J connectivity index is 1.51. The minimum absolute atomic E-state index is 0.0151. The number of hydrogen-bond acceptors (Lipinski definition) is 5. The number of benzene rings is 2. The molecular formula is C22H23N3O3S. The molecule has 0 atom stereocenters. The molecule has 1 aromatic heterocycles. The van der Waals surface area contributed by atoms with E-state index < -0.39 is 11.3 Å². The molecule has 0 radical (unpaired) electrons. The Kier molecular flexibility index (Phi) is 5.49. The first-order valence-electron chi connectivity index (χ1n) is 9.71. The number of fused-ring (bicyclic) bond motifs is 1. The van der Waals surface area contributed by atoms with Gasteiger partial charge >= 0.3 is 0 Å². The van der Waals surface area contributed by atoms with Crippen molar-refractivity contribution in [1.29, 1.82) is 0 Å². The minimum Gasteiger partial charge on any atom is -0.484 e. The van der Waals surface area contributed by atoms with Crippen LogP contribution in [0.15, 0.2) is 48.5 Å². The van der Waals surface area contributed by atoms with Crippen LogP contribution in [0.25, 0.3) is 10.2 Å². The molecule has 0 bridgehead atoms. The topological polar surface area (TPSA) is 94.3 Å². The summed E-state index contributed by atoms with van der Waals surface area (Å²) in [6.45, 7) is -0.195. The van der Waals surface area contributed by atoms with Crippen LogP contribution < -0.4 is 15.8 Å². The summed E-state index contributed by atoms with van der Waals surface area (Å²) in [5.74, 6) is -0.0327. The van der Waals surface area contributed by atoms with Crippen molar-refractivity contribution in [3.05, 3.63) is 53.5 Å². The molecule has 4 rings (SSSR count). The van der Waals surface area contributed by atoms with E-state index in [0.717, 1.165) is 40.9 Å². The Morgan fingerprint density at radius 3 is 2.69 bits per heavy atom. The number of primary amides is 1. The van der Waals surface area contributed by atoms with E-state index in [1.54, 1.807) is 29.5 Å². The van der Waals surface area contributed by atoms with Gasteiger partial charge in [0, 0.05) is 18.2 Å². The number of carbonyl (C=O) groups is 2. The van der Waals surface area contributed by atoms with E-state index in [1.165, 1.54) is 0 Å². The van der Waals surface area contributed by atoms with E-state index in [4.69, 9.17) is 15.5 Å². The highest BCUT2D eigenvalue weighted by Gasteiger charge is 2.42. The van der Waals surface area contributed by atoms with Gasteiger partial charge in [-0.25, -0.2) is 4.98 Å². The highest BCUT2D eigenvalue weighted by atomic mass is 32.1. The molecule has 1 aliphatic carbocycles. The Morgan fingerprint density at radius 1 is 1.14 bits per heavy atom. The Morgan fingerprint density at radius 2 is 1.93 bits per heavy atom. The van der Waals surface area contributed by atoms with Crippen LogP contribution >= 0.6 is 11.3 Å². The standard InChI is InChI=1S/C22H23N3O3S/c23-19(26)14-28-16-7-5-6-15(12-16)24-21(27)22(10-3-4-11-22)13-20-25-17-8-1-2-9-18(17)29-20/h1-2,5-9,12H,3-4,10-11,13-14H2,(H2,23,26)(H,24,27). The van der Waals surface area contributed by atoms with Crippen LogP contribution in [0, 0.1) is 5.41 Å². The predicted molar refractivity (Wildman–Crippen MR) is 114 cm³/mol. The summed E-state index contributed by atoms with van der Waals surface area (Å²) in [6, 6.07) is 15.1. The molecule has 3 aromatic rings. The number of hydrogen-bond donors (Lipinski definition) is 2. The van der Waals surface area contributed by atoms with E-state index in [1.807, 2.05) is 24.3 Å². The lowest BCUT2D eigenvalue weighted by Gasteiger charge is -2.27. The molecule has 7 heteroatoms. The van der Waals surface area contributed by atoms with Gasteiger partial charge in [0.1, 0.15) is 5.75 Å². The van der Waals surface area contributed by atoms with Crippen molar-refractivity contribution in [3.63, 3.8) is 0 Å². The average molecular weight is 410 g/mol. The quantitative estimate of drug-likeness (QED) is 0.619. The van der Waals surface area contributed by atoms with E-state index >= 15 is 0 Å². The molecule has 2 amide bonds. The summed E-state index contributed by atoms with van der Waals surface area (Å²) >= 11 is 1.66. The Bertz CT molecular complexity index is 1010. The van der Waals surface area contributed by atoms with Crippen molar-refractivity contribution in [1.82, 2.24) is 4.98 Å². The maximum atomic E-state index is 13.3. The van der Waals surface area contributed by atoms with Crippen LogP contribution in [0.3, 0.4) is 0 Å². The molecule has 1 aliphatic rings. The first-order valence-corrected chi connectivity index (χ1v) is 10.5. The van der Waals surface area contributed by atoms with Crippen molar-refractivity contribution < 1.29 is 14.3 Å². The first kappa shape index (κ1) is 19.4. The fourth-order valence-corrected chi connectivity index (χ4v) is 5.01. The van der Waals surface area contributed by atoms with Crippen molar-refractivity contribution >= 4 is 39.1 Å². The van der Waals surface area contributed by atoms with Crippen LogP contribution in [0.2, 0.25) is 0 Å². The van der Waals surface area contributed by atoms with Gasteiger partial charge in [-0.3, -0.25) is 9.59 Å². The smallest absolute Gasteiger partial charge is 0.255 e. The minimum atomic E-state index is -0.541. The molecule has 0 unspecified atom stereocenters. The third-order valence-electron chi connectivity index (χ3n) is 5.34.